The van der Waals surface area contributed by atoms with E-state index >= 15 is 0 Å². The summed E-state index contributed by atoms with van der Waals surface area (Å²) >= 11 is 3.42. The highest BCUT2D eigenvalue weighted by molar-refractivity contribution is 9.10. The lowest BCUT2D eigenvalue weighted by atomic mass is 9.77. The number of hydrogen-bond donors (Lipinski definition) is 2. The van der Waals surface area contributed by atoms with Crippen LogP contribution >= 0.6 is 15.9 Å². The molecule has 1 aliphatic heterocycles. The van der Waals surface area contributed by atoms with Gasteiger partial charge in [-0.15, -0.1) is 0 Å². The summed E-state index contributed by atoms with van der Waals surface area (Å²) in [6, 6.07) is 5.38. The number of phenolic OH excluding ortho intramolecular Hbond substituents is 1. The number of rotatable bonds is 6. The summed E-state index contributed by atoms with van der Waals surface area (Å²) in [6.45, 7) is 8.22. The maximum absolute atomic E-state index is 9.94. The molecule has 1 aliphatic rings. The van der Waals surface area contributed by atoms with Crippen LogP contribution in [0.25, 0.3) is 6.08 Å². The van der Waals surface area contributed by atoms with Crippen molar-refractivity contribution in [3.05, 3.63) is 57.6 Å². The van der Waals surface area contributed by atoms with Crippen molar-refractivity contribution in [2.24, 2.45) is 0 Å². The molecule has 0 radical (unpaired) electrons. The molecule has 1 aromatic carbocycles. The third kappa shape index (κ3) is 5.10. The summed E-state index contributed by atoms with van der Waals surface area (Å²) < 4.78 is 6.64. The molecule has 0 spiro atoms. The summed E-state index contributed by atoms with van der Waals surface area (Å²) in [5.41, 5.74) is 4.12. The first-order valence-electron chi connectivity index (χ1n) is 8.28. The molecule has 3 nitrogen and oxygen atoms in total. The lowest BCUT2D eigenvalue weighted by molar-refractivity contribution is 0.183. The Morgan fingerprint density at radius 1 is 1.50 bits per heavy atom. The third-order valence-corrected chi connectivity index (χ3v) is 4.73. The fourth-order valence-electron chi connectivity index (χ4n) is 2.81. The zero-order chi connectivity index (χ0) is 17.7. The molecule has 128 valence electrons. The van der Waals surface area contributed by atoms with Crippen molar-refractivity contribution in [3.8, 4) is 5.75 Å². The van der Waals surface area contributed by atoms with Crippen molar-refractivity contribution in [2.45, 2.75) is 45.5 Å². The van der Waals surface area contributed by atoms with E-state index in [1.54, 1.807) is 6.07 Å². The van der Waals surface area contributed by atoms with Gasteiger partial charge in [0.05, 0.1) is 6.10 Å². The van der Waals surface area contributed by atoms with Gasteiger partial charge >= 0.3 is 7.12 Å². The molecule has 24 heavy (non-hydrogen) atoms. The Morgan fingerprint density at radius 3 is 2.96 bits per heavy atom. The van der Waals surface area contributed by atoms with Crippen molar-refractivity contribution in [1.29, 1.82) is 0 Å². The van der Waals surface area contributed by atoms with Crippen molar-refractivity contribution < 1.29 is 14.8 Å². The highest BCUT2D eigenvalue weighted by Crippen LogP contribution is 2.30. The number of aromatic hydroxyl groups is 1. The molecular weight excluding hydrogens is 367 g/mol. The Morgan fingerprint density at radius 2 is 2.25 bits per heavy atom. The number of benzene rings is 1. The van der Waals surface area contributed by atoms with Gasteiger partial charge in [0.1, 0.15) is 5.75 Å². The summed E-state index contributed by atoms with van der Waals surface area (Å²) in [5.74, 6) is 0.266. The maximum Gasteiger partial charge on any atom is 0.458 e. The SMILES string of the molecule is C=C(CC)C1=CCB(O)OC1CC/C(C)=C/c1cc(Br)ccc1O. The molecule has 0 aliphatic carbocycles. The smallest absolute Gasteiger partial charge is 0.458 e. The van der Waals surface area contributed by atoms with Gasteiger partial charge in [-0.25, -0.2) is 0 Å². The second-order valence-electron chi connectivity index (χ2n) is 6.16. The topological polar surface area (TPSA) is 49.7 Å². The zero-order valence-electron chi connectivity index (χ0n) is 14.3. The van der Waals surface area contributed by atoms with Crippen LogP contribution in [0.3, 0.4) is 0 Å². The summed E-state index contributed by atoms with van der Waals surface area (Å²) in [7, 11) is -0.734. The normalized spacial score (nSPS) is 18.5. The van der Waals surface area contributed by atoms with Crippen molar-refractivity contribution in [3.63, 3.8) is 0 Å². The van der Waals surface area contributed by atoms with Gasteiger partial charge in [0.25, 0.3) is 0 Å². The predicted molar refractivity (Wildman–Crippen MR) is 104 cm³/mol. The van der Waals surface area contributed by atoms with E-state index in [4.69, 9.17) is 4.65 Å². The van der Waals surface area contributed by atoms with Crippen LogP contribution < -0.4 is 0 Å². The molecule has 0 saturated heterocycles. The quantitative estimate of drug-likeness (QED) is 0.663. The second-order valence-corrected chi connectivity index (χ2v) is 7.08. The number of allylic oxidation sites excluding steroid dienone is 2. The fraction of sp³-hybridized carbons (Fsp3) is 0.368. The van der Waals surface area contributed by atoms with Crippen molar-refractivity contribution in [1.82, 2.24) is 0 Å². The minimum Gasteiger partial charge on any atom is -0.507 e. The molecule has 5 heteroatoms. The highest BCUT2D eigenvalue weighted by Gasteiger charge is 2.27. The lowest BCUT2D eigenvalue weighted by Gasteiger charge is -2.28. The van der Waals surface area contributed by atoms with Crippen LogP contribution in [0, 0.1) is 0 Å². The van der Waals surface area contributed by atoms with Crippen molar-refractivity contribution in [2.75, 3.05) is 0 Å². The van der Waals surface area contributed by atoms with Gasteiger partial charge in [-0.1, -0.05) is 52.7 Å². The Bertz CT molecular complexity index is 667. The molecule has 2 rings (SSSR count). The van der Waals surface area contributed by atoms with E-state index in [0.29, 0.717) is 6.32 Å². The Balaban J connectivity index is 2.06. The molecular formula is C19H24BBrO3. The Labute approximate surface area is 153 Å². The molecule has 1 unspecified atom stereocenters. The molecule has 0 fully saturated rings. The van der Waals surface area contributed by atoms with Crippen LogP contribution in [0.4, 0.5) is 0 Å². The molecule has 1 aromatic rings. The van der Waals surface area contributed by atoms with E-state index in [9.17, 15) is 10.1 Å². The fourth-order valence-corrected chi connectivity index (χ4v) is 3.19. The summed E-state index contributed by atoms with van der Waals surface area (Å²) in [4.78, 5) is 0. The third-order valence-electron chi connectivity index (χ3n) is 4.23. The van der Waals surface area contributed by atoms with E-state index < -0.39 is 7.12 Å². The van der Waals surface area contributed by atoms with Gasteiger partial charge in [-0.2, -0.15) is 0 Å². The second kappa shape index (κ2) is 8.70. The van der Waals surface area contributed by atoms with E-state index in [1.165, 1.54) is 0 Å². The van der Waals surface area contributed by atoms with Gasteiger partial charge in [0.15, 0.2) is 0 Å². The molecule has 0 bridgehead atoms. The first kappa shape index (κ1) is 19.0. The molecule has 2 N–H and O–H groups in total. The van der Waals surface area contributed by atoms with Crippen LogP contribution in [0.1, 0.15) is 38.7 Å². The van der Waals surface area contributed by atoms with Crippen LogP contribution in [-0.2, 0) is 4.65 Å². The number of hydrogen-bond acceptors (Lipinski definition) is 3. The maximum atomic E-state index is 9.94. The van der Waals surface area contributed by atoms with E-state index in [0.717, 1.165) is 46.0 Å². The lowest BCUT2D eigenvalue weighted by Crippen LogP contribution is -2.31. The molecule has 0 aromatic heterocycles. The van der Waals surface area contributed by atoms with Gasteiger partial charge in [-0.05, 0) is 50.0 Å². The van der Waals surface area contributed by atoms with Gasteiger partial charge < -0.3 is 14.8 Å². The molecule has 0 saturated carbocycles. The van der Waals surface area contributed by atoms with Crippen LogP contribution in [0.2, 0.25) is 6.32 Å². The van der Waals surface area contributed by atoms with Crippen LogP contribution in [-0.4, -0.2) is 23.4 Å². The van der Waals surface area contributed by atoms with Crippen LogP contribution in [0.15, 0.2) is 52.0 Å². The predicted octanol–water partition coefficient (Wildman–Crippen LogP) is 5.11. The zero-order valence-corrected chi connectivity index (χ0v) is 15.8. The van der Waals surface area contributed by atoms with Gasteiger partial charge in [-0.3, -0.25) is 0 Å². The van der Waals surface area contributed by atoms with E-state index in [1.807, 2.05) is 31.2 Å². The van der Waals surface area contributed by atoms with Gasteiger partial charge in [0, 0.05) is 16.4 Å². The Kier molecular flexibility index (Phi) is 6.90. The van der Waals surface area contributed by atoms with Gasteiger partial charge in [0.2, 0.25) is 0 Å². The standard InChI is InChI=1S/C19H24BBrO3/c1-4-14(3)17-9-10-20(23)24-19(17)8-5-13(2)11-15-12-16(21)6-7-18(15)22/h6-7,9,11-12,19,22-23H,3-5,8,10H2,1-2H3/b13-11+. The minimum absolute atomic E-state index is 0.124. The van der Waals surface area contributed by atoms with Crippen molar-refractivity contribution >= 4 is 29.1 Å². The monoisotopic (exact) mass is 390 g/mol. The first-order chi connectivity index (χ1) is 11.4. The number of halogens is 1. The van der Waals surface area contributed by atoms with Crippen LogP contribution in [0.5, 0.6) is 5.75 Å². The average molecular weight is 391 g/mol. The molecule has 1 atom stereocenters. The average Bonchev–Trinajstić information content (AvgIpc) is 2.55. The van der Waals surface area contributed by atoms with E-state index in [-0.39, 0.29) is 11.9 Å². The largest absolute Gasteiger partial charge is 0.507 e. The first-order valence-corrected chi connectivity index (χ1v) is 9.07. The highest BCUT2D eigenvalue weighted by atomic mass is 79.9. The Hall–Kier alpha value is -1.30. The minimum atomic E-state index is -0.734. The van der Waals surface area contributed by atoms with E-state index in [2.05, 4.69) is 29.4 Å². The number of phenols is 1. The summed E-state index contributed by atoms with van der Waals surface area (Å²) in [5, 5.41) is 19.7. The molecule has 0 amide bonds. The molecule has 1 heterocycles. The summed E-state index contributed by atoms with van der Waals surface area (Å²) in [6.07, 6.45) is 6.90.